The molecule has 7 N–H and O–H groups in total. The summed E-state index contributed by atoms with van der Waals surface area (Å²) in [7, 11) is 0. The number of aliphatic hydroxyl groups is 3. The van der Waals surface area contributed by atoms with Crippen molar-refractivity contribution in [2.24, 2.45) is 5.73 Å². The second-order valence-corrected chi connectivity index (χ2v) is 6.00. The average molecular weight is 394 g/mol. The number of carbonyl (C=O) groups is 1. The number of aromatic nitrogens is 2. The van der Waals surface area contributed by atoms with Gasteiger partial charge in [0.05, 0.1) is 0 Å². The molecule has 1 aliphatic rings. The van der Waals surface area contributed by atoms with Gasteiger partial charge in [-0.3, -0.25) is 0 Å². The van der Waals surface area contributed by atoms with Crippen LogP contribution >= 0.6 is 0 Å². The molecule has 128 valence electrons. The molecule has 0 bridgehead atoms. The predicted octanol–water partition coefficient (Wildman–Crippen LogP) is -3.04. The fourth-order valence-corrected chi connectivity index (χ4v) is 2.89. The Morgan fingerprint density at radius 2 is 2.13 bits per heavy atom. The zero-order chi connectivity index (χ0) is 17.3. The average Bonchev–Trinajstić information content (AvgIpc) is 2.74. The number of nitrogens with one attached hydrogen (secondary N) is 1. The first kappa shape index (κ1) is 18.0. The van der Waals surface area contributed by atoms with E-state index in [-0.39, 0.29) is 9.89 Å². The Hall–Kier alpha value is -1.33. The van der Waals surface area contributed by atoms with E-state index >= 15 is 0 Å². The summed E-state index contributed by atoms with van der Waals surface area (Å²) < 4.78 is 6.86. The van der Waals surface area contributed by atoms with Gasteiger partial charge in [0.1, 0.15) is 0 Å². The molecule has 0 aromatic carbocycles. The third-order valence-electron chi connectivity index (χ3n) is 3.58. The first-order chi connectivity index (χ1) is 10.8. The Bertz CT molecular complexity index is 703. The van der Waals surface area contributed by atoms with Crippen LogP contribution in [0.4, 0.5) is 0 Å². The van der Waals surface area contributed by atoms with Crippen LogP contribution in [0.1, 0.15) is 24.3 Å². The molecule has 2 rings (SSSR count). The number of aliphatic carboxylic acids is 1. The Morgan fingerprint density at radius 3 is 2.65 bits per heavy atom. The third-order valence-corrected chi connectivity index (χ3v) is 4.24. The fourth-order valence-electron chi connectivity index (χ4n) is 2.36. The van der Waals surface area contributed by atoms with Crippen LogP contribution in [0, 0.1) is 4.32 Å². The maximum atomic E-state index is 11.9. The van der Waals surface area contributed by atoms with E-state index in [1.165, 1.54) is 10.8 Å². The zero-order valence-corrected chi connectivity index (χ0v) is 13.5. The number of carboxylic acid groups (broad SMARTS) is 1. The molecule has 0 saturated carbocycles. The molecule has 1 saturated heterocycles. The summed E-state index contributed by atoms with van der Waals surface area (Å²) in [4.78, 5) is 25.1. The van der Waals surface area contributed by atoms with Gasteiger partial charge in [-0.15, -0.1) is 0 Å². The SMILES string of the molecule is NC(CC(=O)O)c1cn([C@@H]2O[C@H](CO)[C@@H](O)[C@H]2O)c(=[Se])[nH]c1=O. The Labute approximate surface area is 137 Å². The molecule has 5 atom stereocenters. The molecular weight excluding hydrogens is 377 g/mol. The first-order valence-electron chi connectivity index (χ1n) is 6.71. The van der Waals surface area contributed by atoms with Crippen molar-refractivity contribution < 1.29 is 30.0 Å². The minimum atomic E-state index is -1.35. The van der Waals surface area contributed by atoms with Crippen LogP contribution in [0.25, 0.3) is 0 Å². The number of carboxylic acids is 1. The van der Waals surface area contributed by atoms with Crippen LogP contribution < -0.4 is 11.3 Å². The van der Waals surface area contributed by atoms with Crippen LogP contribution in [-0.2, 0) is 9.53 Å². The van der Waals surface area contributed by atoms with Crippen molar-refractivity contribution in [1.29, 1.82) is 0 Å². The number of rotatable bonds is 5. The topological polar surface area (TPSA) is 171 Å². The van der Waals surface area contributed by atoms with Crippen molar-refractivity contribution in [2.75, 3.05) is 6.61 Å². The summed E-state index contributed by atoms with van der Waals surface area (Å²) >= 11 is 2.58. The van der Waals surface area contributed by atoms with Gasteiger partial charge in [0.25, 0.3) is 0 Å². The molecule has 0 radical (unpaired) electrons. The molecule has 0 amide bonds. The molecule has 11 heteroatoms. The predicted molar refractivity (Wildman–Crippen MR) is 76.2 cm³/mol. The summed E-state index contributed by atoms with van der Waals surface area (Å²) in [6.45, 7) is -0.493. The van der Waals surface area contributed by atoms with Crippen LogP contribution in [0.15, 0.2) is 11.0 Å². The molecular formula is C12H17N3O7Se. The van der Waals surface area contributed by atoms with Crippen LogP contribution in [-0.4, -0.2) is 76.4 Å². The second kappa shape index (κ2) is 7.05. The van der Waals surface area contributed by atoms with Crippen molar-refractivity contribution >= 4 is 21.5 Å². The van der Waals surface area contributed by atoms with Crippen molar-refractivity contribution in [2.45, 2.75) is 37.0 Å². The van der Waals surface area contributed by atoms with E-state index in [2.05, 4.69) is 20.6 Å². The Balaban J connectivity index is 2.42. The van der Waals surface area contributed by atoms with E-state index in [0.29, 0.717) is 0 Å². The van der Waals surface area contributed by atoms with Crippen LogP contribution in [0.5, 0.6) is 0 Å². The standard InChI is InChI=1S/C12H17N3O7Se/c13-5(1-7(17)18)4-2-15(12(23)14-10(4)21)11-9(20)8(19)6(3-16)22-11/h2,5-6,8-9,11,16,19-20H,1,3,13H2,(H,17,18)(H,14,21,23)/t5?,6-,8-,9-,11-/m1/s1. The minimum absolute atomic E-state index is 0.0101. The van der Waals surface area contributed by atoms with Gasteiger partial charge in [-0.2, -0.15) is 0 Å². The first-order valence-corrected chi connectivity index (χ1v) is 7.57. The summed E-state index contributed by atoms with van der Waals surface area (Å²) in [5.74, 6) is -1.16. The van der Waals surface area contributed by atoms with E-state index in [1.54, 1.807) is 0 Å². The molecule has 10 nitrogen and oxygen atoms in total. The van der Waals surface area contributed by atoms with E-state index < -0.39 is 55.1 Å². The Kier molecular flexibility index (Phi) is 5.53. The molecule has 1 aromatic rings. The normalized spacial score (nSPS) is 28.7. The number of hydrogen-bond donors (Lipinski definition) is 6. The van der Waals surface area contributed by atoms with Gasteiger partial charge in [0.15, 0.2) is 0 Å². The van der Waals surface area contributed by atoms with Crippen molar-refractivity contribution in [1.82, 2.24) is 9.55 Å². The van der Waals surface area contributed by atoms with E-state index in [9.17, 15) is 19.8 Å². The molecule has 1 aromatic heterocycles. The second-order valence-electron chi connectivity index (χ2n) is 5.18. The maximum absolute atomic E-state index is 11.9. The van der Waals surface area contributed by atoms with Gasteiger partial charge >= 0.3 is 137 Å². The summed E-state index contributed by atoms with van der Waals surface area (Å²) in [5.41, 5.74) is 5.13. The van der Waals surface area contributed by atoms with Gasteiger partial charge in [0, 0.05) is 0 Å². The van der Waals surface area contributed by atoms with Gasteiger partial charge in [-0.25, -0.2) is 0 Å². The van der Waals surface area contributed by atoms with Crippen molar-refractivity contribution in [3.05, 3.63) is 26.4 Å². The number of nitrogens with zero attached hydrogens (tertiary/aromatic N) is 1. The molecule has 1 aliphatic heterocycles. The fraction of sp³-hybridized carbons (Fsp3) is 0.583. The quantitative estimate of drug-likeness (QED) is 0.286. The molecule has 2 heterocycles. The number of aromatic amines is 1. The van der Waals surface area contributed by atoms with Crippen LogP contribution in [0.3, 0.4) is 0 Å². The number of H-pyrrole nitrogens is 1. The number of aliphatic hydroxyl groups excluding tert-OH is 3. The van der Waals surface area contributed by atoms with Gasteiger partial charge < -0.3 is 0 Å². The molecule has 0 spiro atoms. The van der Waals surface area contributed by atoms with E-state index in [1.807, 2.05) is 0 Å². The van der Waals surface area contributed by atoms with Gasteiger partial charge in [0.2, 0.25) is 0 Å². The van der Waals surface area contributed by atoms with E-state index in [0.717, 1.165) is 0 Å². The Morgan fingerprint density at radius 1 is 1.48 bits per heavy atom. The monoisotopic (exact) mass is 395 g/mol. The van der Waals surface area contributed by atoms with Gasteiger partial charge in [-0.05, 0) is 0 Å². The molecule has 23 heavy (non-hydrogen) atoms. The molecule has 0 aliphatic carbocycles. The molecule has 1 unspecified atom stereocenters. The zero-order valence-electron chi connectivity index (χ0n) is 11.8. The number of hydrogen-bond acceptors (Lipinski definition) is 7. The summed E-state index contributed by atoms with van der Waals surface area (Å²) in [5, 5.41) is 37.7. The third kappa shape index (κ3) is 3.61. The number of ether oxygens (including phenoxy) is 1. The van der Waals surface area contributed by atoms with Crippen molar-refractivity contribution in [3.63, 3.8) is 0 Å². The van der Waals surface area contributed by atoms with Crippen molar-refractivity contribution in [3.8, 4) is 0 Å². The summed E-state index contributed by atoms with van der Waals surface area (Å²) in [6.07, 6.45) is -3.90. The van der Waals surface area contributed by atoms with Gasteiger partial charge in [-0.1, -0.05) is 0 Å². The van der Waals surface area contributed by atoms with Crippen LogP contribution in [0.2, 0.25) is 0 Å². The van der Waals surface area contributed by atoms with E-state index in [4.69, 9.17) is 20.7 Å². The molecule has 1 fully saturated rings. The summed E-state index contributed by atoms with van der Waals surface area (Å²) in [6, 6.07) is -1.06. The number of nitrogens with two attached hydrogens (primary N) is 1.